The minimum absolute atomic E-state index is 0.0427. The summed E-state index contributed by atoms with van der Waals surface area (Å²) < 4.78 is 0. The van der Waals surface area contributed by atoms with Crippen LogP contribution in [0.1, 0.15) is 40.0 Å². The molecule has 110 valence electrons. The van der Waals surface area contributed by atoms with E-state index in [0.717, 1.165) is 6.42 Å². The largest absolute Gasteiger partial charge is 0.481 e. The first-order valence-electron chi connectivity index (χ1n) is 6.99. The van der Waals surface area contributed by atoms with E-state index in [0.29, 0.717) is 38.4 Å². The first kappa shape index (κ1) is 16.0. The van der Waals surface area contributed by atoms with Crippen molar-refractivity contribution in [1.29, 1.82) is 0 Å². The second-order valence-corrected chi connectivity index (χ2v) is 6.37. The number of carboxylic acids is 1. The normalized spacial score (nSPS) is 24.8. The molecule has 0 aromatic rings. The zero-order chi connectivity index (χ0) is 14.6. The number of carbonyl (C=O) groups is 2. The lowest BCUT2D eigenvalue weighted by atomic mass is 9.90. The van der Waals surface area contributed by atoms with Crippen LogP contribution in [0.25, 0.3) is 0 Å². The van der Waals surface area contributed by atoms with Gasteiger partial charge in [-0.3, -0.25) is 9.59 Å². The fraction of sp³-hybridized carbons (Fsp3) is 0.857. The molecule has 1 rings (SSSR count). The van der Waals surface area contributed by atoms with Crippen molar-refractivity contribution in [3.8, 4) is 0 Å². The highest BCUT2D eigenvalue weighted by atomic mass is 16.4. The van der Waals surface area contributed by atoms with Crippen LogP contribution >= 0.6 is 0 Å². The zero-order valence-corrected chi connectivity index (χ0v) is 12.2. The molecule has 1 aliphatic rings. The molecule has 0 aromatic heterocycles. The Balaban J connectivity index is 2.53. The highest BCUT2D eigenvalue weighted by Crippen LogP contribution is 2.31. The van der Waals surface area contributed by atoms with Gasteiger partial charge in [-0.2, -0.15) is 0 Å². The number of hydrogen-bond acceptors (Lipinski definition) is 3. The molecule has 3 N–H and O–H groups in total. The van der Waals surface area contributed by atoms with Gasteiger partial charge in [-0.25, -0.2) is 0 Å². The highest BCUT2D eigenvalue weighted by Gasteiger charge is 2.42. The molecule has 0 spiro atoms. The number of amides is 1. The van der Waals surface area contributed by atoms with Gasteiger partial charge in [0.2, 0.25) is 5.91 Å². The van der Waals surface area contributed by atoms with Gasteiger partial charge < -0.3 is 15.7 Å². The van der Waals surface area contributed by atoms with Crippen molar-refractivity contribution in [3.63, 3.8) is 0 Å². The van der Waals surface area contributed by atoms with Crippen LogP contribution in [0.3, 0.4) is 0 Å². The van der Waals surface area contributed by atoms with Crippen molar-refractivity contribution < 1.29 is 14.7 Å². The van der Waals surface area contributed by atoms with Gasteiger partial charge in [0.25, 0.3) is 0 Å². The number of nitrogens with two attached hydrogens (primary N) is 1. The van der Waals surface area contributed by atoms with E-state index in [1.807, 2.05) is 0 Å². The van der Waals surface area contributed by atoms with Crippen LogP contribution in [-0.4, -0.2) is 41.5 Å². The summed E-state index contributed by atoms with van der Waals surface area (Å²) in [6, 6.07) is 0. The fourth-order valence-corrected chi connectivity index (χ4v) is 2.65. The van der Waals surface area contributed by atoms with Gasteiger partial charge in [0.05, 0.1) is 5.41 Å². The summed E-state index contributed by atoms with van der Waals surface area (Å²) in [6.07, 6.45) is 1.90. The summed E-state index contributed by atoms with van der Waals surface area (Å²) in [5, 5.41) is 9.16. The first-order chi connectivity index (χ1) is 8.78. The summed E-state index contributed by atoms with van der Waals surface area (Å²) in [6.45, 7) is 7.31. The third kappa shape index (κ3) is 4.20. The van der Waals surface area contributed by atoms with Crippen LogP contribution in [0, 0.1) is 17.3 Å². The van der Waals surface area contributed by atoms with E-state index in [9.17, 15) is 9.59 Å². The summed E-state index contributed by atoms with van der Waals surface area (Å²) in [4.78, 5) is 25.0. The Morgan fingerprint density at radius 1 is 1.42 bits per heavy atom. The molecule has 19 heavy (non-hydrogen) atoms. The lowest BCUT2D eigenvalue weighted by molar-refractivity contribution is -0.147. The molecule has 1 heterocycles. The third-order valence-corrected chi connectivity index (χ3v) is 3.94. The quantitative estimate of drug-likeness (QED) is 0.762. The van der Waals surface area contributed by atoms with Crippen LogP contribution in [0.2, 0.25) is 0 Å². The molecule has 5 nitrogen and oxygen atoms in total. The summed E-state index contributed by atoms with van der Waals surface area (Å²) in [7, 11) is 0. The van der Waals surface area contributed by atoms with Crippen LogP contribution in [0.15, 0.2) is 0 Å². The van der Waals surface area contributed by atoms with Crippen molar-refractivity contribution in [1.82, 2.24) is 4.90 Å². The lowest BCUT2D eigenvalue weighted by Gasteiger charge is -2.23. The summed E-state index contributed by atoms with van der Waals surface area (Å²) >= 11 is 0. The minimum atomic E-state index is -0.819. The molecule has 0 aliphatic carbocycles. The maximum Gasteiger partial charge on any atom is 0.311 e. The Bertz CT molecular complexity index is 344. The topological polar surface area (TPSA) is 83.6 Å². The Morgan fingerprint density at radius 2 is 2.05 bits per heavy atom. The first-order valence-corrected chi connectivity index (χ1v) is 6.99. The standard InChI is InChI=1S/C14H26N2O3/c1-10(2)6-11(8-15)7-12(17)16-5-4-14(3,9-16)13(18)19/h10-11H,4-9,15H2,1-3H3,(H,18,19)/t11-,14?/m0/s1. The number of carbonyl (C=O) groups excluding carboxylic acids is 1. The van der Waals surface area contributed by atoms with Gasteiger partial charge in [0, 0.05) is 19.5 Å². The predicted octanol–water partition coefficient (Wildman–Crippen LogP) is 1.32. The van der Waals surface area contributed by atoms with Gasteiger partial charge in [0.1, 0.15) is 0 Å². The average Bonchev–Trinajstić information content (AvgIpc) is 2.72. The molecule has 1 saturated heterocycles. The molecule has 0 aromatic carbocycles. The average molecular weight is 270 g/mol. The summed E-state index contributed by atoms with van der Waals surface area (Å²) in [5.74, 6) is -0.0603. The van der Waals surface area contributed by atoms with Crippen LogP contribution in [0.5, 0.6) is 0 Å². The van der Waals surface area contributed by atoms with Gasteiger partial charge in [-0.1, -0.05) is 13.8 Å². The Morgan fingerprint density at radius 3 is 2.47 bits per heavy atom. The van der Waals surface area contributed by atoms with Gasteiger partial charge >= 0.3 is 5.97 Å². The number of aliphatic carboxylic acids is 1. The monoisotopic (exact) mass is 270 g/mol. The Labute approximate surface area is 115 Å². The smallest absolute Gasteiger partial charge is 0.311 e. The minimum Gasteiger partial charge on any atom is -0.481 e. The van der Waals surface area contributed by atoms with E-state index in [4.69, 9.17) is 10.8 Å². The molecular formula is C14H26N2O3. The molecule has 0 radical (unpaired) electrons. The zero-order valence-electron chi connectivity index (χ0n) is 12.2. The molecule has 5 heteroatoms. The number of likely N-dealkylation sites (tertiary alicyclic amines) is 1. The molecule has 0 saturated carbocycles. The lowest BCUT2D eigenvalue weighted by Crippen LogP contribution is -2.36. The van der Waals surface area contributed by atoms with E-state index in [1.54, 1.807) is 11.8 Å². The molecular weight excluding hydrogens is 244 g/mol. The second-order valence-electron chi connectivity index (χ2n) is 6.37. The van der Waals surface area contributed by atoms with Crippen molar-refractivity contribution in [2.75, 3.05) is 19.6 Å². The second kappa shape index (κ2) is 6.37. The Hall–Kier alpha value is -1.10. The molecule has 2 atom stereocenters. The van der Waals surface area contributed by atoms with Crippen molar-refractivity contribution in [2.45, 2.75) is 40.0 Å². The third-order valence-electron chi connectivity index (χ3n) is 3.94. The Kier molecular flexibility index (Phi) is 5.35. The predicted molar refractivity (Wildman–Crippen MR) is 73.6 cm³/mol. The van der Waals surface area contributed by atoms with Crippen LogP contribution in [-0.2, 0) is 9.59 Å². The fourth-order valence-electron chi connectivity index (χ4n) is 2.65. The SMILES string of the molecule is CC(C)C[C@H](CN)CC(=O)N1CCC(C)(C(=O)O)C1. The molecule has 1 unspecified atom stereocenters. The number of carboxylic acid groups (broad SMARTS) is 1. The summed E-state index contributed by atoms with van der Waals surface area (Å²) in [5.41, 5.74) is 4.92. The number of nitrogens with zero attached hydrogens (tertiary/aromatic N) is 1. The van der Waals surface area contributed by atoms with E-state index in [1.165, 1.54) is 0 Å². The van der Waals surface area contributed by atoms with E-state index in [-0.39, 0.29) is 11.8 Å². The maximum absolute atomic E-state index is 12.2. The van der Waals surface area contributed by atoms with Crippen molar-refractivity contribution >= 4 is 11.9 Å². The van der Waals surface area contributed by atoms with Crippen molar-refractivity contribution in [3.05, 3.63) is 0 Å². The molecule has 1 aliphatic heterocycles. The van der Waals surface area contributed by atoms with E-state index >= 15 is 0 Å². The van der Waals surface area contributed by atoms with Gasteiger partial charge in [-0.15, -0.1) is 0 Å². The highest BCUT2D eigenvalue weighted by molar-refractivity contribution is 5.80. The van der Waals surface area contributed by atoms with Gasteiger partial charge in [0.15, 0.2) is 0 Å². The van der Waals surface area contributed by atoms with Crippen molar-refractivity contribution in [2.24, 2.45) is 23.0 Å². The van der Waals surface area contributed by atoms with E-state index < -0.39 is 11.4 Å². The van der Waals surface area contributed by atoms with Crippen LogP contribution in [0.4, 0.5) is 0 Å². The molecule has 1 fully saturated rings. The molecule has 0 bridgehead atoms. The number of rotatable bonds is 6. The molecule has 1 amide bonds. The van der Waals surface area contributed by atoms with E-state index in [2.05, 4.69) is 13.8 Å². The maximum atomic E-state index is 12.2. The van der Waals surface area contributed by atoms with Crippen LogP contribution < -0.4 is 5.73 Å². The van der Waals surface area contributed by atoms with Gasteiger partial charge in [-0.05, 0) is 38.1 Å². The number of hydrogen-bond donors (Lipinski definition) is 2.